The highest BCUT2D eigenvalue weighted by Crippen LogP contribution is 1.88. The van der Waals surface area contributed by atoms with Gasteiger partial charge in [0.05, 0.1) is 5.84 Å². The summed E-state index contributed by atoms with van der Waals surface area (Å²) in [4.78, 5) is 6.30. The lowest BCUT2D eigenvalue weighted by Crippen LogP contribution is -2.27. The van der Waals surface area contributed by atoms with Crippen LogP contribution in [0.4, 0.5) is 0 Å². The lowest BCUT2D eigenvalue weighted by atomic mass is 10.5. The van der Waals surface area contributed by atoms with Crippen molar-refractivity contribution in [2.75, 3.05) is 20.1 Å². The van der Waals surface area contributed by atoms with E-state index in [2.05, 4.69) is 23.7 Å². The molecule has 11 heavy (non-hydrogen) atoms. The second-order valence-corrected chi connectivity index (χ2v) is 1.94. The Labute approximate surface area is 71.3 Å². The van der Waals surface area contributed by atoms with E-state index in [1.165, 1.54) is 0 Å². The van der Waals surface area contributed by atoms with Crippen LogP contribution in [0.5, 0.6) is 0 Å². The minimum atomic E-state index is 1.06. The monoisotopic (exact) mass is 158 g/mol. The molecule has 0 rings (SSSR count). The van der Waals surface area contributed by atoms with Crippen LogP contribution in [0, 0.1) is 0 Å². The third-order valence-corrected chi connectivity index (χ3v) is 1.54. The first-order valence-electron chi connectivity index (χ1n) is 4.44. The first-order chi connectivity index (χ1) is 5.26. The molecule has 0 N–H and O–H groups in total. The molecule has 0 heterocycles. The summed E-state index contributed by atoms with van der Waals surface area (Å²) in [5.41, 5.74) is 0. The third kappa shape index (κ3) is 5.89. The number of rotatable bonds is 2. The second kappa shape index (κ2) is 9.47. The number of amidine groups is 1. The van der Waals surface area contributed by atoms with Gasteiger partial charge in [0, 0.05) is 20.1 Å². The van der Waals surface area contributed by atoms with Crippen LogP contribution in [0.25, 0.3) is 0 Å². The molecule has 0 radical (unpaired) electrons. The number of hydrogen-bond acceptors (Lipinski definition) is 1. The van der Waals surface area contributed by atoms with E-state index in [1.807, 2.05) is 27.8 Å². The Morgan fingerprint density at radius 3 is 1.64 bits per heavy atom. The summed E-state index contributed by atoms with van der Waals surface area (Å²) in [5.74, 6) is 1.13. The molecule has 0 saturated carbocycles. The first kappa shape index (κ1) is 13.1. The van der Waals surface area contributed by atoms with Crippen LogP contribution in [0.2, 0.25) is 0 Å². The van der Waals surface area contributed by atoms with E-state index in [0.29, 0.717) is 0 Å². The van der Waals surface area contributed by atoms with Crippen molar-refractivity contribution in [2.24, 2.45) is 4.99 Å². The van der Waals surface area contributed by atoms with E-state index in [1.54, 1.807) is 0 Å². The molecule has 2 heteroatoms. The lowest BCUT2D eigenvalue weighted by molar-refractivity contribution is 0.462. The van der Waals surface area contributed by atoms with Crippen molar-refractivity contribution in [1.82, 2.24) is 4.90 Å². The van der Waals surface area contributed by atoms with E-state index >= 15 is 0 Å². The van der Waals surface area contributed by atoms with Crippen molar-refractivity contribution < 1.29 is 0 Å². The summed E-state index contributed by atoms with van der Waals surface area (Å²) in [7, 11) is 1.83. The fraction of sp³-hybridized carbons (Fsp3) is 0.889. The highest BCUT2D eigenvalue weighted by Gasteiger charge is 1.96. The van der Waals surface area contributed by atoms with Gasteiger partial charge in [0.25, 0.3) is 0 Å². The van der Waals surface area contributed by atoms with Crippen LogP contribution in [0.1, 0.15) is 34.6 Å². The van der Waals surface area contributed by atoms with Gasteiger partial charge in [-0.2, -0.15) is 0 Å². The molecule has 0 aliphatic rings. The van der Waals surface area contributed by atoms with Gasteiger partial charge in [-0.05, 0) is 20.8 Å². The van der Waals surface area contributed by atoms with Crippen molar-refractivity contribution in [3.05, 3.63) is 0 Å². The molecule has 0 aromatic rings. The second-order valence-electron chi connectivity index (χ2n) is 1.94. The largest absolute Gasteiger partial charge is 0.361 e. The Morgan fingerprint density at radius 2 is 1.55 bits per heavy atom. The molecule has 0 unspecified atom stereocenters. The average molecular weight is 158 g/mol. The molecular weight excluding hydrogens is 136 g/mol. The van der Waals surface area contributed by atoms with Gasteiger partial charge in [0.1, 0.15) is 0 Å². The van der Waals surface area contributed by atoms with Crippen molar-refractivity contribution >= 4 is 5.84 Å². The summed E-state index contributed by atoms with van der Waals surface area (Å²) < 4.78 is 0. The van der Waals surface area contributed by atoms with Crippen molar-refractivity contribution in [2.45, 2.75) is 34.6 Å². The summed E-state index contributed by atoms with van der Waals surface area (Å²) in [6.07, 6.45) is 0. The van der Waals surface area contributed by atoms with E-state index in [-0.39, 0.29) is 0 Å². The quantitative estimate of drug-likeness (QED) is 0.445. The van der Waals surface area contributed by atoms with Crippen LogP contribution in [-0.4, -0.2) is 30.9 Å². The molecule has 0 aliphatic heterocycles. The molecule has 0 fully saturated rings. The molecule has 68 valence electrons. The predicted molar refractivity (Wildman–Crippen MR) is 53.3 cm³/mol. The summed E-state index contributed by atoms with van der Waals surface area (Å²) >= 11 is 0. The summed E-state index contributed by atoms with van der Waals surface area (Å²) in [6, 6.07) is 0. The highest BCUT2D eigenvalue weighted by molar-refractivity contribution is 5.79. The van der Waals surface area contributed by atoms with Gasteiger partial charge >= 0.3 is 0 Å². The van der Waals surface area contributed by atoms with Gasteiger partial charge in [-0.25, -0.2) is 0 Å². The predicted octanol–water partition coefficient (Wildman–Crippen LogP) is 2.40. The van der Waals surface area contributed by atoms with Crippen molar-refractivity contribution in [1.29, 1.82) is 0 Å². The normalized spacial score (nSPS) is 10.2. The van der Waals surface area contributed by atoms with Gasteiger partial charge in [-0.3, -0.25) is 4.99 Å². The van der Waals surface area contributed by atoms with Gasteiger partial charge in [0.2, 0.25) is 0 Å². The van der Waals surface area contributed by atoms with Crippen LogP contribution < -0.4 is 0 Å². The fourth-order valence-corrected chi connectivity index (χ4v) is 0.823. The zero-order valence-corrected chi connectivity index (χ0v) is 8.81. The molecule has 0 spiro atoms. The zero-order valence-electron chi connectivity index (χ0n) is 8.81. The molecule has 0 aliphatic carbocycles. The summed E-state index contributed by atoms with van der Waals surface area (Å²) in [6.45, 7) is 12.4. The van der Waals surface area contributed by atoms with Gasteiger partial charge in [-0.15, -0.1) is 0 Å². The maximum atomic E-state index is 4.07. The van der Waals surface area contributed by atoms with E-state index in [4.69, 9.17) is 0 Å². The molecule has 0 saturated heterocycles. The molecule has 0 atom stereocenters. The van der Waals surface area contributed by atoms with Crippen molar-refractivity contribution in [3.63, 3.8) is 0 Å². The van der Waals surface area contributed by atoms with Gasteiger partial charge in [0.15, 0.2) is 0 Å². The maximum Gasteiger partial charge on any atom is 0.0953 e. The molecule has 2 nitrogen and oxygen atoms in total. The Kier molecular flexibility index (Phi) is 11.3. The Hall–Kier alpha value is -0.530. The summed E-state index contributed by atoms with van der Waals surface area (Å²) in [5, 5.41) is 0. The number of hydrogen-bond donors (Lipinski definition) is 0. The van der Waals surface area contributed by atoms with Crippen LogP contribution in [0.15, 0.2) is 4.99 Å². The Bertz CT molecular complexity index is 93.7. The van der Waals surface area contributed by atoms with E-state index in [9.17, 15) is 0 Å². The average Bonchev–Trinajstić information content (AvgIpc) is 2.10. The minimum absolute atomic E-state index is 1.06. The smallest absolute Gasteiger partial charge is 0.0953 e. The Morgan fingerprint density at radius 1 is 1.18 bits per heavy atom. The molecule has 0 aromatic heterocycles. The standard InChI is InChI=1S/C7H16N2.C2H6/c1-5-9(6-2)7(3)8-4;1-2/h5-6H2,1-4H3;1-2H3. The van der Waals surface area contributed by atoms with Gasteiger partial charge < -0.3 is 4.90 Å². The minimum Gasteiger partial charge on any atom is -0.361 e. The number of aliphatic imine (C=N–C) groups is 1. The molecule has 0 amide bonds. The molecule has 0 aromatic carbocycles. The van der Waals surface area contributed by atoms with Crippen LogP contribution in [-0.2, 0) is 0 Å². The van der Waals surface area contributed by atoms with Crippen molar-refractivity contribution in [3.8, 4) is 0 Å². The van der Waals surface area contributed by atoms with Crippen LogP contribution >= 0.6 is 0 Å². The molecule has 0 bridgehead atoms. The van der Waals surface area contributed by atoms with Gasteiger partial charge in [-0.1, -0.05) is 13.8 Å². The van der Waals surface area contributed by atoms with E-state index in [0.717, 1.165) is 18.9 Å². The maximum absolute atomic E-state index is 4.07. The SMILES string of the molecule is CC.CCN(CC)C(C)=NC. The first-order valence-corrected chi connectivity index (χ1v) is 4.44. The third-order valence-electron chi connectivity index (χ3n) is 1.54. The number of nitrogens with zero attached hydrogens (tertiary/aromatic N) is 2. The lowest BCUT2D eigenvalue weighted by Gasteiger charge is -2.19. The fourth-order valence-electron chi connectivity index (χ4n) is 0.823. The molecular formula is C9H22N2. The highest BCUT2D eigenvalue weighted by atomic mass is 15.2. The van der Waals surface area contributed by atoms with E-state index < -0.39 is 0 Å². The van der Waals surface area contributed by atoms with Crippen LogP contribution in [0.3, 0.4) is 0 Å². The Balaban J connectivity index is 0. The topological polar surface area (TPSA) is 15.6 Å². The zero-order chi connectivity index (χ0) is 9.28.